The lowest BCUT2D eigenvalue weighted by Crippen LogP contribution is -2.27. The van der Waals surface area contributed by atoms with E-state index >= 15 is 0 Å². The van der Waals surface area contributed by atoms with E-state index in [4.69, 9.17) is 15.5 Å². The highest BCUT2D eigenvalue weighted by molar-refractivity contribution is 7.21. The van der Waals surface area contributed by atoms with Crippen LogP contribution in [-0.4, -0.2) is 23.5 Å². The van der Waals surface area contributed by atoms with E-state index in [2.05, 4.69) is 32.2 Å². The van der Waals surface area contributed by atoms with Crippen LogP contribution in [0.3, 0.4) is 0 Å². The molecule has 8 heteroatoms. The molecule has 1 aromatic carbocycles. The number of esters is 1. The molecule has 192 valence electrons. The summed E-state index contributed by atoms with van der Waals surface area (Å²) < 4.78 is 5.32. The average Bonchev–Trinajstić information content (AvgIpc) is 3.43. The molecule has 6 nitrogen and oxygen atoms in total. The molecule has 3 heterocycles. The van der Waals surface area contributed by atoms with E-state index in [1.165, 1.54) is 28.2 Å². The van der Waals surface area contributed by atoms with Gasteiger partial charge in [-0.25, -0.2) is 9.78 Å². The molecule has 4 aromatic rings. The van der Waals surface area contributed by atoms with E-state index in [0.29, 0.717) is 27.0 Å². The highest BCUT2D eigenvalue weighted by Crippen LogP contribution is 2.41. The van der Waals surface area contributed by atoms with Crippen molar-refractivity contribution in [2.45, 2.75) is 47.0 Å². The molecular formula is C29H31N3O3S2. The third-order valence-corrected chi connectivity index (χ3v) is 9.11. The number of carbonyl (C=O) groups is 2. The fourth-order valence-corrected chi connectivity index (χ4v) is 6.89. The monoisotopic (exact) mass is 533 g/mol. The van der Waals surface area contributed by atoms with E-state index in [1.807, 2.05) is 35.7 Å². The predicted molar refractivity (Wildman–Crippen MR) is 153 cm³/mol. The minimum Gasteiger partial charge on any atom is -0.462 e. The molecule has 37 heavy (non-hydrogen) atoms. The number of aromatic nitrogens is 1. The van der Waals surface area contributed by atoms with Crippen LogP contribution in [0, 0.1) is 11.3 Å². The second-order valence-corrected chi connectivity index (χ2v) is 12.4. The smallest absolute Gasteiger partial charge is 0.341 e. The number of rotatable bonds is 5. The lowest BCUT2D eigenvalue weighted by atomic mass is 9.71. The normalized spacial score (nSPS) is 15.4. The molecule has 5 rings (SSSR count). The van der Waals surface area contributed by atoms with Gasteiger partial charge in [0.15, 0.2) is 0 Å². The lowest BCUT2D eigenvalue weighted by molar-refractivity contribution is 0.0529. The summed E-state index contributed by atoms with van der Waals surface area (Å²) in [6, 6.07) is 11.7. The van der Waals surface area contributed by atoms with Crippen molar-refractivity contribution >= 4 is 55.5 Å². The highest BCUT2D eigenvalue weighted by Gasteiger charge is 2.31. The van der Waals surface area contributed by atoms with Crippen molar-refractivity contribution in [3.8, 4) is 11.1 Å². The van der Waals surface area contributed by atoms with Crippen molar-refractivity contribution in [1.29, 1.82) is 0 Å². The number of fused-ring (bicyclic) bond motifs is 2. The lowest BCUT2D eigenvalue weighted by Gasteiger charge is -2.34. The van der Waals surface area contributed by atoms with Crippen LogP contribution in [0.4, 0.5) is 10.7 Å². The van der Waals surface area contributed by atoms with Crippen LogP contribution in [0.2, 0.25) is 0 Å². The number of carbonyl (C=O) groups excluding carboxylic acids is 2. The number of benzene rings is 1. The van der Waals surface area contributed by atoms with Crippen LogP contribution in [0.1, 0.15) is 65.4 Å². The zero-order chi connectivity index (χ0) is 26.3. The van der Waals surface area contributed by atoms with Gasteiger partial charge in [-0.15, -0.1) is 22.7 Å². The van der Waals surface area contributed by atoms with Crippen LogP contribution >= 0.6 is 22.7 Å². The summed E-state index contributed by atoms with van der Waals surface area (Å²) in [5.74, 6) is -0.233. The maximum Gasteiger partial charge on any atom is 0.341 e. The number of nitrogens with zero attached hydrogens (tertiary/aromatic N) is 1. The number of thiophene rings is 2. The van der Waals surface area contributed by atoms with Crippen LogP contribution in [0.5, 0.6) is 0 Å². The first-order chi connectivity index (χ1) is 17.7. The van der Waals surface area contributed by atoms with Gasteiger partial charge in [-0.1, -0.05) is 51.1 Å². The summed E-state index contributed by atoms with van der Waals surface area (Å²) in [5.41, 5.74) is 11.5. The minimum absolute atomic E-state index is 0.230. The molecule has 0 bridgehead atoms. The summed E-state index contributed by atoms with van der Waals surface area (Å²) in [7, 11) is 0. The van der Waals surface area contributed by atoms with Crippen LogP contribution in [0.25, 0.3) is 21.3 Å². The minimum atomic E-state index is -0.468. The Labute approximate surface area is 224 Å². The maximum atomic E-state index is 13.4. The number of amides is 1. The van der Waals surface area contributed by atoms with E-state index in [0.717, 1.165) is 46.3 Å². The number of ether oxygens (including phenoxy) is 1. The van der Waals surface area contributed by atoms with Gasteiger partial charge in [-0.05, 0) is 54.7 Å². The SMILES string of the molecule is CCOC(=O)c1c(-c2ccccc2)csc1NC(=O)c1sc2nc3c(cc2c1N)CC(C(C)(C)C)CC3. The summed E-state index contributed by atoms with van der Waals surface area (Å²) >= 11 is 2.60. The predicted octanol–water partition coefficient (Wildman–Crippen LogP) is 7.19. The molecule has 3 N–H and O–H groups in total. The zero-order valence-electron chi connectivity index (χ0n) is 21.5. The Balaban J connectivity index is 1.48. The number of pyridine rings is 1. The fourth-order valence-electron chi connectivity index (χ4n) is 4.94. The van der Waals surface area contributed by atoms with Gasteiger partial charge in [0.25, 0.3) is 5.91 Å². The molecule has 1 atom stereocenters. The van der Waals surface area contributed by atoms with Gasteiger partial charge in [-0.3, -0.25) is 4.79 Å². The third-order valence-electron chi connectivity index (χ3n) is 7.10. The van der Waals surface area contributed by atoms with Gasteiger partial charge >= 0.3 is 5.97 Å². The molecule has 1 aliphatic carbocycles. The van der Waals surface area contributed by atoms with Crippen LogP contribution in [0.15, 0.2) is 41.8 Å². The quantitative estimate of drug-likeness (QED) is 0.265. The molecule has 3 aromatic heterocycles. The van der Waals surface area contributed by atoms with Crippen LogP contribution < -0.4 is 11.1 Å². The van der Waals surface area contributed by atoms with Crippen molar-refractivity contribution in [3.05, 3.63) is 63.5 Å². The molecule has 0 saturated heterocycles. The largest absolute Gasteiger partial charge is 0.462 e. The molecule has 0 radical (unpaired) electrons. The Morgan fingerprint density at radius 2 is 1.97 bits per heavy atom. The number of nitrogen functional groups attached to an aromatic ring is 1. The number of anilines is 2. The average molecular weight is 534 g/mol. The topological polar surface area (TPSA) is 94.3 Å². The molecule has 0 saturated carbocycles. The number of nitrogens with one attached hydrogen (secondary N) is 1. The first-order valence-corrected chi connectivity index (χ1v) is 14.2. The highest BCUT2D eigenvalue weighted by atomic mass is 32.1. The molecule has 1 unspecified atom stereocenters. The Hall–Kier alpha value is -3.23. The van der Waals surface area contributed by atoms with E-state index in [9.17, 15) is 9.59 Å². The first kappa shape index (κ1) is 25.4. The van der Waals surface area contributed by atoms with Crippen LogP contribution in [-0.2, 0) is 17.6 Å². The van der Waals surface area contributed by atoms with Crippen molar-refractivity contribution < 1.29 is 14.3 Å². The standard InChI is InChI=1S/C29H31N3O3S2/c1-5-35-28(34)22-20(16-9-7-6-8-10-16)15-36-27(22)32-25(33)24-23(30)19-14-17-13-18(29(2,3)4)11-12-21(17)31-26(19)37-24/h6-10,14-15,18H,5,11-13,30H2,1-4H3,(H,32,33). The Bertz CT molecular complexity index is 1480. The number of hydrogen-bond acceptors (Lipinski definition) is 7. The van der Waals surface area contributed by atoms with Gasteiger partial charge in [0.05, 0.1) is 12.3 Å². The molecule has 0 fully saturated rings. The van der Waals surface area contributed by atoms with Crippen molar-refractivity contribution in [2.75, 3.05) is 17.7 Å². The molecule has 0 aliphatic heterocycles. The molecule has 1 aliphatic rings. The van der Waals surface area contributed by atoms with E-state index in [1.54, 1.807) is 6.92 Å². The number of aryl methyl sites for hydroxylation is 1. The Kier molecular flexibility index (Phi) is 6.81. The van der Waals surface area contributed by atoms with Gasteiger partial charge in [0.1, 0.15) is 20.3 Å². The second-order valence-electron chi connectivity index (χ2n) is 10.5. The van der Waals surface area contributed by atoms with Gasteiger partial charge in [-0.2, -0.15) is 0 Å². The van der Waals surface area contributed by atoms with Crippen molar-refractivity contribution in [1.82, 2.24) is 4.98 Å². The number of hydrogen-bond donors (Lipinski definition) is 2. The number of nitrogens with two attached hydrogens (primary N) is 1. The summed E-state index contributed by atoms with van der Waals surface area (Å²) in [4.78, 5) is 32.4. The maximum absolute atomic E-state index is 13.4. The Morgan fingerprint density at radius 1 is 1.22 bits per heavy atom. The van der Waals surface area contributed by atoms with E-state index in [-0.39, 0.29) is 17.9 Å². The van der Waals surface area contributed by atoms with Gasteiger partial charge in [0.2, 0.25) is 0 Å². The summed E-state index contributed by atoms with van der Waals surface area (Å²) in [5, 5.41) is 6.07. The molecular weight excluding hydrogens is 502 g/mol. The zero-order valence-corrected chi connectivity index (χ0v) is 23.1. The van der Waals surface area contributed by atoms with Gasteiger partial charge < -0.3 is 15.8 Å². The summed E-state index contributed by atoms with van der Waals surface area (Å²) in [6.07, 6.45) is 3.02. The third kappa shape index (κ3) is 4.88. The van der Waals surface area contributed by atoms with Crippen molar-refractivity contribution in [3.63, 3.8) is 0 Å². The van der Waals surface area contributed by atoms with Crippen molar-refractivity contribution in [2.24, 2.45) is 11.3 Å². The Morgan fingerprint density at radius 3 is 2.68 bits per heavy atom. The molecule has 1 amide bonds. The van der Waals surface area contributed by atoms with Gasteiger partial charge in [0, 0.05) is 22.0 Å². The second kappa shape index (κ2) is 9.91. The summed E-state index contributed by atoms with van der Waals surface area (Å²) in [6.45, 7) is 8.86. The first-order valence-electron chi connectivity index (χ1n) is 12.5. The molecule has 0 spiro atoms. The fraction of sp³-hybridized carbons (Fsp3) is 0.345. The van der Waals surface area contributed by atoms with E-state index < -0.39 is 5.97 Å².